The summed E-state index contributed by atoms with van der Waals surface area (Å²) in [6, 6.07) is 15.2. The van der Waals surface area contributed by atoms with Crippen LogP contribution in [0.4, 0.5) is 0 Å². The molecule has 5 rings (SSSR count). The molecule has 3 aliphatic heterocycles. The molecule has 0 bridgehead atoms. The van der Waals surface area contributed by atoms with Crippen molar-refractivity contribution < 1.29 is 14.3 Å². The van der Waals surface area contributed by atoms with E-state index in [1.54, 1.807) is 0 Å². The number of carbonyl (C=O) groups is 1. The number of benzene rings is 2. The number of carbonyl (C=O) groups excluding carboxylic acids is 1. The number of ether oxygens (including phenoxy) is 2. The number of rotatable bonds is 5. The van der Waals surface area contributed by atoms with Crippen LogP contribution in [0, 0.1) is 6.92 Å². The van der Waals surface area contributed by atoms with E-state index in [1.807, 2.05) is 11.0 Å². The maximum absolute atomic E-state index is 13.1. The summed E-state index contributed by atoms with van der Waals surface area (Å²) in [4.78, 5) is 19.9. The Morgan fingerprint density at radius 1 is 0.969 bits per heavy atom. The molecule has 0 radical (unpaired) electrons. The van der Waals surface area contributed by atoms with Crippen molar-refractivity contribution in [1.82, 2.24) is 14.7 Å². The summed E-state index contributed by atoms with van der Waals surface area (Å²) < 4.78 is 11.4. The van der Waals surface area contributed by atoms with Gasteiger partial charge in [0.05, 0.1) is 6.54 Å². The summed E-state index contributed by atoms with van der Waals surface area (Å²) in [6.07, 6.45) is 2.20. The Bertz CT molecular complexity index is 955. The summed E-state index contributed by atoms with van der Waals surface area (Å²) in [5.74, 6) is 1.91. The zero-order valence-electron chi connectivity index (χ0n) is 19.0. The molecule has 0 aliphatic carbocycles. The van der Waals surface area contributed by atoms with Crippen molar-refractivity contribution in [2.75, 3.05) is 52.5 Å². The fraction of sp³-hybridized carbons (Fsp3) is 0.500. The number of aryl methyl sites for hydroxylation is 1. The van der Waals surface area contributed by atoms with E-state index in [0.717, 1.165) is 63.6 Å². The van der Waals surface area contributed by atoms with Gasteiger partial charge in [0.1, 0.15) is 13.2 Å². The van der Waals surface area contributed by atoms with Gasteiger partial charge in [0, 0.05) is 38.8 Å². The van der Waals surface area contributed by atoms with Crippen molar-refractivity contribution in [2.24, 2.45) is 0 Å². The van der Waals surface area contributed by atoms with E-state index in [4.69, 9.17) is 9.47 Å². The molecule has 6 heteroatoms. The van der Waals surface area contributed by atoms with Gasteiger partial charge in [0.2, 0.25) is 5.91 Å². The van der Waals surface area contributed by atoms with E-state index in [2.05, 4.69) is 53.1 Å². The van der Waals surface area contributed by atoms with E-state index in [0.29, 0.717) is 19.8 Å². The molecule has 2 saturated heterocycles. The van der Waals surface area contributed by atoms with Crippen LogP contribution in [0.15, 0.2) is 42.5 Å². The lowest BCUT2D eigenvalue weighted by Gasteiger charge is -2.36. The molecule has 0 unspecified atom stereocenters. The molecule has 0 N–H and O–H groups in total. The largest absolute Gasteiger partial charge is 0.486 e. The van der Waals surface area contributed by atoms with Crippen LogP contribution in [0.2, 0.25) is 0 Å². The van der Waals surface area contributed by atoms with Crippen LogP contribution < -0.4 is 9.47 Å². The standard InChI is InChI=1S/C26H33N3O3/c1-20-4-2-5-21(16-20)18-27-10-12-28(13-11-27)26(30)19-29-9-3-6-23(29)22-7-8-24-25(17-22)32-15-14-31-24/h2,4-5,7-8,16-17,23H,3,6,9-15,18-19H2,1H3/t23-/m1/s1. The lowest BCUT2D eigenvalue weighted by atomic mass is 10.0. The molecule has 0 aromatic heterocycles. The molecule has 3 heterocycles. The van der Waals surface area contributed by atoms with E-state index in [-0.39, 0.29) is 11.9 Å². The zero-order chi connectivity index (χ0) is 21.9. The SMILES string of the molecule is Cc1cccc(CN2CCN(C(=O)CN3CCC[C@@H]3c3ccc4c(c3)OCCO4)CC2)c1. The zero-order valence-corrected chi connectivity index (χ0v) is 19.0. The highest BCUT2D eigenvalue weighted by Gasteiger charge is 2.31. The Balaban J connectivity index is 1.15. The normalized spacial score (nSPS) is 21.7. The molecule has 0 saturated carbocycles. The summed E-state index contributed by atoms with van der Waals surface area (Å²) in [5, 5.41) is 0. The number of hydrogen-bond donors (Lipinski definition) is 0. The van der Waals surface area contributed by atoms with E-state index >= 15 is 0 Å². The van der Waals surface area contributed by atoms with Gasteiger partial charge in [-0.1, -0.05) is 35.9 Å². The second-order valence-corrected chi connectivity index (χ2v) is 9.18. The molecule has 3 aliphatic rings. The quantitative estimate of drug-likeness (QED) is 0.722. The van der Waals surface area contributed by atoms with Gasteiger partial charge in [-0.05, 0) is 49.6 Å². The molecule has 0 spiro atoms. The highest BCUT2D eigenvalue weighted by Crippen LogP contribution is 2.38. The summed E-state index contributed by atoms with van der Waals surface area (Å²) in [6.45, 7) is 9.26. The van der Waals surface area contributed by atoms with Crippen LogP contribution in [0.1, 0.15) is 35.6 Å². The van der Waals surface area contributed by atoms with Gasteiger partial charge in [-0.2, -0.15) is 0 Å². The minimum absolute atomic E-state index is 0.254. The molecule has 2 aromatic rings. The van der Waals surface area contributed by atoms with Gasteiger partial charge in [-0.15, -0.1) is 0 Å². The summed E-state index contributed by atoms with van der Waals surface area (Å²) in [5.41, 5.74) is 3.88. The molecule has 1 amide bonds. The lowest BCUT2D eigenvalue weighted by Crippen LogP contribution is -2.50. The summed E-state index contributed by atoms with van der Waals surface area (Å²) >= 11 is 0. The number of hydrogen-bond acceptors (Lipinski definition) is 5. The predicted octanol–water partition coefficient (Wildman–Crippen LogP) is 3.25. The van der Waals surface area contributed by atoms with E-state index in [1.165, 1.54) is 16.7 Å². The molecular weight excluding hydrogens is 402 g/mol. The van der Waals surface area contributed by atoms with Gasteiger partial charge in [-0.25, -0.2) is 0 Å². The molecular formula is C26H33N3O3. The first-order valence-electron chi connectivity index (χ1n) is 11.8. The number of fused-ring (bicyclic) bond motifs is 1. The van der Waals surface area contributed by atoms with Crippen molar-refractivity contribution in [2.45, 2.75) is 32.4 Å². The van der Waals surface area contributed by atoms with Gasteiger partial charge in [0.15, 0.2) is 11.5 Å². The number of nitrogens with zero attached hydrogens (tertiary/aromatic N) is 3. The molecule has 2 aromatic carbocycles. The van der Waals surface area contributed by atoms with Crippen LogP contribution in [0.3, 0.4) is 0 Å². The smallest absolute Gasteiger partial charge is 0.236 e. The lowest BCUT2D eigenvalue weighted by molar-refractivity contribution is -0.134. The third-order valence-corrected chi connectivity index (χ3v) is 6.87. The topological polar surface area (TPSA) is 45.2 Å². The fourth-order valence-electron chi connectivity index (χ4n) is 5.16. The maximum Gasteiger partial charge on any atom is 0.236 e. The number of amides is 1. The number of likely N-dealkylation sites (tertiary alicyclic amines) is 1. The van der Waals surface area contributed by atoms with Crippen LogP contribution >= 0.6 is 0 Å². The minimum atomic E-state index is 0.254. The van der Waals surface area contributed by atoms with Crippen LogP contribution in [0.25, 0.3) is 0 Å². The maximum atomic E-state index is 13.1. The average molecular weight is 436 g/mol. The first kappa shape index (κ1) is 21.3. The second kappa shape index (κ2) is 9.51. The second-order valence-electron chi connectivity index (χ2n) is 9.18. The van der Waals surface area contributed by atoms with Gasteiger partial charge in [0.25, 0.3) is 0 Å². The van der Waals surface area contributed by atoms with Crippen molar-refractivity contribution in [3.63, 3.8) is 0 Å². The van der Waals surface area contributed by atoms with Crippen molar-refractivity contribution in [3.05, 3.63) is 59.2 Å². The molecule has 170 valence electrons. The predicted molar refractivity (Wildman–Crippen MR) is 124 cm³/mol. The van der Waals surface area contributed by atoms with E-state index in [9.17, 15) is 4.79 Å². The Kier molecular flexibility index (Phi) is 6.32. The fourth-order valence-corrected chi connectivity index (χ4v) is 5.16. The highest BCUT2D eigenvalue weighted by molar-refractivity contribution is 5.78. The highest BCUT2D eigenvalue weighted by atomic mass is 16.6. The van der Waals surface area contributed by atoms with E-state index < -0.39 is 0 Å². The van der Waals surface area contributed by atoms with Crippen LogP contribution in [0.5, 0.6) is 11.5 Å². The van der Waals surface area contributed by atoms with Crippen LogP contribution in [-0.2, 0) is 11.3 Å². The third kappa shape index (κ3) is 4.76. The Morgan fingerprint density at radius 3 is 2.59 bits per heavy atom. The number of piperazine rings is 1. The monoisotopic (exact) mass is 435 g/mol. The summed E-state index contributed by atoms with van der Waals surface area (Å²) in [7, 11) is 0. The first-order chi connectivity index (χ1) is 15.7. The molecule has 2 fully saturated rings. The Hall–Kier alpha value is -2.57. The van der Waals surface area contributed by atoms with Gasteiger partial charge >= 0.3 is 0 Å². The van der Waals surface area contributed by atoms with Gasteiger partial charge in [-0.3, -0.25) is 14.6 Å². The first-order valence-corrected chi connectivity index (χ1v) is 11.8. The Labute approximate surface area is 190 Å². The minimum Gasteiger partial charge on any atom is -0.486 e. The van der Waals surface area contributed by atoms with Crippen LogP contribution in [-0.4, -0.2) is 73.1 Å². The van der Waals surface area contributed by atoms with Crippen molar-refractivity contribution in [3.8, 4) is 11.5 Å². The molecule has 6 nitrogen and oxygen atoms in total. The molecule has 32 heavy (non-hydrogen) atoms. The van der Waals surface area contributed by atoms with Crippen molar-refractivity contribution >= 4 is 5.91 Å². The average Bonchev–Trinajstić information content (AvgIpc) is 3.27. The van der Waals surface area contributed by atoms with Gasteiger partial charge < -0.3 is 14.4 Å². The third-order valence-electron chi connectivity index (χ3n) is 6.87. The van der Waals surface area contributed by atoms with Crippen molar-refractivity contribution in [1.29, 1.82) is 0 Å². The molecule has 1 atom stereocenters. The Morgan fingerprint density at radius 2 is 1.78 bits per heavy atom.